The lowest BCUT2D eigenvalue weighted by molar-refractivity contribution is -0.156. The summed E-state index contributed by atoms with van der Waals surface area (Å²) < 4.78 is 11.4. The van der Waals surface area contributed by atoms with E-state index >= 15 is 0 Å². The molecule has 1 amide bonds. The highest BCUT2D eigenvalue weighted by Gasteiger charge is 2.25. The minimum atomic E-state index is -0.478. The van der Waals surface area contributed by atoms with E-state index in [1.54, 1.807) is 12.1 Å². The summed E-state index contributed by atoms with van der Waals surface area (Å²) in [6.07, 6.45) is 10.6. The van der Waals surface area contributed by atoms with Crippen LogP contribution < -0.4 is 5.32 Å². The van der Waals surface area contributed by atoms with Crippen LogP contribution in [0.25, 0.3) is 16.7 Å². The average molecular weight is 503 g/mol. The van der Waals surface area contributed by atoms with Gasteiger partial charge in [0.2, 0.25) is 11.8 Å². The van der Waals surface area contributed by atoms with Crippen LogP contribution in [0.3, 0.4) is 0 Å². The monoisotopic (exact) mass is 502 g/mol. The Bertz CT molecular complexity index is 1310. The maximum absolute atomic E-state index is 12.7. The SMILES string of the molecule is Cc1cc(C#N)cc2nc(C3=CCC=C(NC(=O)CC4CCN(CC(=O)OC(C)(C)C)CC4)C=C3)oc12. The van der Waals surface area contributed by atoms with Gasteiger partial charge in [0.25, 0.3) is 0 Å². The Kier molecular flexibility index (Phi) is 7.94. The van der Waals surface area contributed by atoms with Crippen molar-refractivity contribution in [1.29, 1.82) is 5.26 Å². The summed E-state index contributed by atoms with van der Waals surface area (Å²) in [6, 6.07) is 5.66. The quantitative estimate of drug-likeness (QED) is 0.566. The van der Waals surface area contributed by atoms with Crippen molar-refractivity contribution in [3.8, 4) is 6.07 Å². The van der Waals surface area contributed by atoms with Crippen molar-refractivity contribution < 1.29 is 18.7 Å². The number of fused-ring (bicyclic) bond motifs is 1. The van der Waals surface area contributed by atoms with E-state index in [1.165, 1.54) is 0 Å². The molecule has 2 aromatic rings. The Labute approximate surface area is 217 Å². The number of hydrogen-bond acceptors (Lipinski definition) is 7. The Hall–Kier alpha value is -3.70. The molecule has 0 atom stereocenters. The molecular formula is C29H34N4O4. The van der Waals surface area contributed by atoms with Crippen molar-refractivity contribution in [1.82, 2.24) is 15.2 Å². The number of aryl methyl sites for hydroxylation is 1. The molecule has 1 aliphatic heterocycles. The number of amides is 1. The molecule has 0 bridgehead atoms. The molecule has 1 N–H and O–H groups in total. The second-order valence-corrected chi connectivity index (χ2v) is 10.7. The van der Waals surface area contributed by atoms with Gasteiger partial charge in [-0.3, -0.25) is 14.5 Å². The van der Waals surface area contributed by atoms with Crippen LogP contribution in [0.1, 0.15) is 63.5 Å². The van der Waals surface area contributed by atoms with E-state index < -0.39 is 5.60 Å². The normalized spacial score (nSPS) is 17.1. The molecule has 0 unspecified atom stereocenters. The minimum Gasteiger partial charge on any atom is -0.459 e. The molecule has 8 nitrogen and oxygen atoms in total. The summed E-state index contributed by atoms with van der Waals surface area (Å²) in [5, 5.41) is 12.2. The molecular weight excluding hydrogens is 468 g/mol. The van der Waals surface area contributed by atoms with Crippen molar-refractivity contribution >= 4 is 28.5 Å². The van der Waals surface area contributed by atoms with E-state index in [4.69, 9.17) is 9.15 Å². The van der Waals surface area contributed by atoms with E-state index in [-0.39, 0.29) is 11.9 Å². The van der Waals surface area contributed by atoms with Crippen molar-refractivity contribution in [2.45, 2.75) is 59.0 Å². The molecule has 0 saturated carbocycles. The number of hydrogen-bond donors (Lipinski definition) is 1. The van der Waals surface area contributed by atoms with Gasteiger partial charge in [-0.05, 0) is 95.8 Å². The molecule has 1 saturated heterocycles. The van der Waals surface area contributed by atoms with Gasteiger partial charge in [0.05, 0.1) is 18.2 Å². The van der Waals surface area contributed by atoms with Crippen molar-refractivity contribution in [3.05, 3.63) is 59.2 Å². The van der Waals surface area contributed by atoms with Crippen LogP contribution in [0.4, 0.5) is 0 Å². The second-order valence-electron chi connectivity index (χ2n) is 10.7. The van der Waals surface area contributed by atoms with Crippen LogP contribution in [0.2, 0.25) is 0 Å². The zero-order chi connectivity index (χ0) is 26.6. The Morgan fingerprint density at radius 1 is 1.22 bits per heavy atom. The zero-order valence-corrected chi connectivity index (χ0v) is 22.0. The van der Waals surface area contributed by atoms with Gasteiger partial charge in [-0.25, -0.2) is 4.98 Å². The predicted octanol–water partition coefficient (Wildman–Crippen LogP) is 4.80. The highest BCUT2D eigenvalue weighted by molar-refractivity contribution is 5.83. The number of carbonyl (C=O) groups excluding carboxylic acids is 2. The smallest absolute Gasteiger partial charge is 0.320 e. The fraction of sp³-hybridized carbons (Fsp3) is 0.448. The number of rotatable bonds is 6. The van der Waals surface area contributed by atoms with E-state index in [1.807, 2.05) is 52.0 Å². The van der Waals surface area contributed by atoms with E-state index in [9.17, 15) is 14.9 Å². The molecule has 1 aromatic carbocycles. The van der Waals surface area contributed by atoms with Gasteiger partial charge in [0.1, 0.15) is 11.1 Å². The van der Waals surface area contributed by atoms with Crippen LogP contribution in [-0.2, 0) is 14.3 Å². The Balaban J connectivity index is 1.27. The number of nitrogens with zero attached hydrogens (tertiary/aromatic N) is 3. The number of likely N-dealkylation sites (tertiary alicyclic amines) is 1. The number of carbonyl (C=O) groups is 2. The van der Waals surface area contributed by atoms with Crippen molar-refractivity contribution in [3.63, 3.8) is 0 Å². The summed E-state index contributed by atoms with van der Waals surface area (Å²) in [6.45, 7) is 9.37. The number of allylic oxidation sites excluding steroid dienone is 5. The van der Waals surface area contributed by atoms with Gasteiger partial charge >= 0.3 is 5.97 Å². The van der Waals surface area contributed by atoms with Gasteiger partial charge in [-0.1, -0.05) is 12.2 Å². The first-order valence-electron chi connectivity index (χ1n) is 12.7. The molecule has 1 aromatic heterocycles. The van der Waals surface area contributed by atoms with Crippen LogP contribution >= 0.6 is 0 Å². The van der Waals surface area contributed by atoms with Crippen LogP contribution in [0.15, 0.2) is 46.6 Å². The van der Waals surface area contributed by atoms with Crippen molar-refractivity contribution in [2.24, 2.45) is 5.92 Å². The fourth-order valence-corrected chi connectivity index (χ4v) is 4.65. The lowest BCUT2D eigenvalue weighted by Crippen LogP contribution is -2.40. The summed E-state index contributed by atoms with van der Waals surface area (Å²) in [5.74, 6) is 0.568. The average Bonchev–Trinajstić information content (AvgIpc) is 3.12. The minimum absolute atomic E-state index is 0.00791. The maximum Gasteiger partial charge on any atom is 0.320 e. The molecule has 8 heteroatoms. The van der Waals surface area contributed by atoms with E-state index in [0.29, 0.717) is 47.9 Å². The van der Waals surface area contributed by atoms with Gasteiger partial charge < -0.3 is 14.5 Å². The number of piperidine rings is 1. The molecule has 194 valence electrons. The first kappa shape index (κ1) is 26.4. The number of ether oxygens (including phenoxy) is 1. The second kappa shape index (κ2) is 11.1. The summed E-state index contributed by atoms with van der Waals surface area (Å²) in [5.41, 5.74) is 3.84. The molecule has 2 heterocycles. The van der Waals surface area contributed by atoms with Gasteiger partial charge in [0, 0.05) is 17.7 Å². The van der Waals surface area contributed by atoms with Gasteiger partial charge in [-0.2, -0.15) is 5.26 Å². The number of nitrogens with one attached hydrogen (secondary N) is 1. The number of esters is 1. The number of nitriles is 1. The first-order valence-corrected chi connectivity index (χ1v) is 12.7. The third kappa shape index (κ3) is 7.17. The van der Waals surface area contributed by atoms with Gasteiger partial charge in [-0.15, -0.1) is 0 Å². The summed E-state index contributed by atoms with van der Waals surface area (Å²) >= 11 is 0. The highest BCUT2D eigenvalue weighted by Crippen LogP contribution is 2.27. The molecule has 37 heavy (non-hydrogen) atoms. The van der Waals surface area contributed by atoms with Crippen LogP contribution in [0, 0.1) is 24.2 Å². The van der Waals surface area contributed by atoms with E-state index in [0.717, 1.165) is 42.8 Å². The lowest BCUT2D eigenvalue weighted by Gasteiger charge is -2.31. The Morgan fingerprint density at radius 3 is 2.68 bits per heavy atom. The van der Waals surface area contributed by atoms with E-state index in [2.05, 4.69) is 21.3 Å². The molecule has 2 aliphatic rings. The standard InChI is InChI=1S/C29H34N4O4/c1-19-14-21(17-30)15-24-27(19)36-28(32-24)22-6-5-7-23(9-8-22)31-25(34)16-20-10-12-33(13-11-20)18-26(35)37-29(2,3)4/h6-9,14-15,20H,5,10-13,16,18H2,1-4H3,(H,31,34). The first-order chi connectivity index (χ1) is 17.6. The fourth-order valence-electron chi connectivity index (χ4n) is 4.65. The summed E-state index contributed by atoms with van der Waals surface area (Å²) in [4.78, 5) is 31.5. The third-order valence-electron chi connectivity index (χ3n) is 6.41. The van der Waals surface area contributed by atoms with Crippen LogP contribution in [-0.4, -0.2) is 47.0 Å². The zero-order valence-electron chi connectivity index (χ0n) is 22.0. The number of aromatic nitrogens is 1. The maximum atomic E-state index is 12.7. The predicted molar refractivity (Wildman–Crippen MR) is 141 cm³/mol. The highest BCUT2D eigenvalue weighted by atomic mass is 16.6. The van der Waals surface area contributed by atoms with Crippen LogP contribution in [0.5, 0.6) is 0 Å². The molecule has 1 aliphatic carbocycles. The molecule has 0 spiro atoms. The number of oxazole rings is 1. The molecule has 1 fully saturated rings. The largest absolute Gasteiger partial charge is 0.459 e. The van der Waals surface area contributed by atoms with Crippen molar-refractivity contribution in [2.75, 3.05) is 19.6 Å². The summed E-state index contributed by atoms with van der Waals surface area (Å²) in [7, 11) is 0. The lowest BCUT2D eigenvalue weighted by atomic mass is 9.93. The number of benzene rings is 1. The van der Waals surface area contributed by atoms with Gasteiger partial charge in [0.15, 0.2) is 5.58 Å². The molecule has 0 radical (unpaired) electrons. The third-order valence-corrected chi connectivity index (χ3v) is 6.41. The Morgan fingerprint density at radius 2 is 1.97 bits per heavy atom. The topological polar surface area (TPSA) is 108 Å². The molecule has 4 rings (SSSR count).